The molecule has 3 heterocycles. The van der Waals surface area contributed by atoms with Crippen molar-refractivity contribution in [2.45, 2.75) is 6.42 Å². The number of nitrogens with one attached hydrogen (secondary N) is 1. The molecule has 0 bridgehead atoms. The molecule has 0 spiro atoms. The lowest BCUT2D eigenvalue weighted by molar-refractivity contribution is 0.256. The van der Waals surface area contributed by atoms with Crippen LogP contribution in [0.4, 0.5) is 5.82 Å². The quantitative estimate of drug-likeness (QED) is 0.794. The van der Waals surface area contributed by atoms with Gasteiger partial charge in [-0.1, -0.05) is 0 Å². The van der Waals surface area contributed by atoms with E-state index in [-0.39, 0.29) is 0 Å². The molecule has 19 heavy (non-hydrogen) atoms. The maximum Gasteiger partial charge on any atom is 0.182 e. The molecule has 1 aliphatic rings. The van der Waals surface area contributed by atoms with Crippen molar-refractivity contribution in [3.05, 3.63) is 12.7 Å². The summed E-state index contributed by atoms with van der Waals surface area (Å²) < 4.78 is 0. The second-order valence-corrected chi connectivity index (χ2v) is 4.77. The fourth-order valence-electron chi connectivity index (χ4n) is 2.49. The number of rotatable bonds is 4. The van der Waals surface area contributed by atoms with Crippen molar-refractivity contribution in [1.82, 2.24) is 24.8 Å². The van der Waals surface area contributed by atoms with Gasteiger partial charge in [0.2, 0.25) is 0 Å². The number of anilines is 1. The van der Waals surface area contributed by atoms with Crippen LogP contribution in [-0.4, -0.2) is 64.1 Å². The molecule has 0 amide bonds. The van der Waals surface area contributed by atoms with Crippen LogP contribution in [-0.2, 0) is 0 Å². The number of nitrogens with two attached hydrogens (primary N) is 1. The number of hydrogen-bond donors (Lipinski definition) is 2. The SMILES string of the molecule is NCCCN1CCN(c2ncnc3nc[nH]c23)CC1. The molecule has 0 atom stereocenters. The first kappa shape index (κ1) is 12.3. The van der Waals surface area contributed by atoms with Crippen molar-refractivity contribution in [3.63, 3.8) is 0 Å². The van der Waals surface area contributed by atoms with Crippen molar-refractivity contribution >= 4 is 17.0 Å². The lowest BCUT2D eigenvalue weighted by Crippen LogP contribution is -2.47. The summed E-state index contributed by atoms with van der Waals surface area (Å²) in [6.45, 7) is 5.93. The maximum atomic E-state index is 5.55. The van der Waals surface area contributed by atoms with Crippen LogP contribution in [0.2, 0.25) is 0 Å². The molecule has 102 valence electrons. The summed E-state index contributed by atoms with van der Waals surface area (Å²) in [5, 5.41) is 0. The van der Waals surface area contributed by atoms with Gasteiger partial charge in [0, 0.05) is 26.2 Å². The predicted octanol–water partition coefficient (Wildman–Crippen LogP) is -0.176. The molecule has 1 aliphatic heterocycles. The second kappa shape index (κ2) is 5.50. The Kier molecular flexibility index (Phi) is 3.56. The second-order valence-electron chi connectivity index (χ2n) is 4.77. The summed E-state index contributed by atoms with van der Waals surface area (Å²) >= 11 is 0. The molecular weight excluding hydrogens is 242 g/mol. The average Bonchev–Trinajstić information content (AvgIpc) is 2.94. The zero-order valence-corrected chi connectivity index (χ0v) is 10.9. The molecule has 0 saturated carbocycles. The Hall–Kier alpha value is -1.73. The van der Waals surface area contributed by atoms with Crippen LogP contribution in [0.3, 0.4) is 0 Å². The molecule has 0 aliphatic carbocycles. The van der Waals surface area contributed by atoms with Crippen molar-refractivity contribution in [1.29, 1.82) is 0 Å². The summed E-state index contributed by atoms with van der Waals surface area (Å²) in [6.07, 6.45) is 4.32. The van der Waals surface area contributed by atoms with Gasteiger partial charge >= 0.3 is 0 Å². The number of aromatic amines is 1. The van der Waals surface area contributed by atoms with Crippen LogP contribution in [0.15, 0.2) is 12.7 Å². The fraction of sp³-hybridized carbons (Fsp3) is 0.583. The van der Waals surface area contributed by atoms with E-state index in [1.54, 1.807) is 12.7 Å². The number of hydrogen-bond acceptors (Lipinski definition) is 6. The molecule has 0 radical (unpaired) electrons. The van der Waals surface area contributed by atoms with Crippen LogP contribution in [0.1, 0.15) is 6.42 Å². The smallest absolute Gasteiger partial charge is 0.182 e. The minimum Gasteiger partial charge on any atom is -0.352 e. The number of piperazine rings is 1. The maximum absolute atomic E-state index is 5.55. The molecule has 1 fully saturated rings. The lowest BCUT2D eigenvalue weighted by Gasteiger charge is -2.35. The van der Waals surface area contributed by atoms with E-state index < -0.39 is 0 Å². The molecule has 2 aromatic heterocycles. The standard InChI is InChI=1S/C12H19N7/c13-2-1-3-18-4-6-19(7-5-18)12-10-11(15-8-14-10)16-9-17-12/h8-9H,1-7,13H2,(H,14,15,16,17). The van der Waals surface area contributed by atoms with Gasteiger partial charge in [-0.2, -0.15) is 0 Å². The van der Waals surface area contributed by atoms with E-state index in [0.717, 1.165) is 62.7 Å². The fourth-order valence-corrected chi connectivity index (χ4v) is 2.49. The Balaban J connectivity index is 1.69. The summed E-state index contributed by atoms with van der Waals surface area (Å²) in [5.41, 5.74) is 7.21. The van der Waals surface area contributed by atoms with Crippen LogP contribution in [0, 0.1) is 0 Å². The first-order chi connectivity index (χ1) is 9.38. The van der Waals surface area contributed by atoms with Crippen LogP contribution in [0.5, 0.6) is 0 Å². The number of aromatic nitrogens is 4. The van der Waals surface area contributed by atoms with Crippen molar-refractivity contribution in [3.8, 4) is 0 Å². The Bertz CT molecular complexity index is 530. The monoisotopic (exact) mass is 261 g/mol. The van der Waals surface area contributed by atoms with Crippen LogP contribution >= 0.6 is 0 Å². The van der Waals surface area contributed by atoms with E-state index in [0.29, 0.717) is 0 Å². The topological polar surface area (TPSA) is 87.0 Å². The summed E-state index contributed by atoms with van der Waals surface area (Å²) in [6, 6.07) is 0. The van der Waals surface area contributed by atoms with Gasteiger partial charge in [0.15, 0.2) is 11.5 Å². The first-order valence-corrected chi connectivity index (χ1v) is 6.70. The van der Waals surface area contributed by atoms with Gasteiger partial charge in [-0.3, -0.25) is 4.90 Å². The van der Waals surface area contributed by atoms with E-state index in [1.165, 1.54) is 0 Å². The Morgan fingerprint density at radius 3 is 2.79 bits per heavy atom. The number of H-pyrrole nitrogens is 1. The van der Waals surface area contributed by atoms with E-state index in [4.69, 9.17) is 5.73 Å². The van der Waals surface area contributed by atoms with Gasteiger partial charge in [-0.25, -0.2) is 15.0 Å². The highest BCUT2D eigenvalue weighted by atomic mass is 15.3. The van der Waals surface area contributed by atoms with Gasteiger partial charge < -0.3 is 15.6 Å². The number of nitrogens with zero attached hydrogens (tertiary/aromatic N) is 5. The third-order valence-corrected chi connectivity index (χ3v) is 3.55. The molecule has 0 unspecified atom stereocenters. The minimum atomic E-state index is 0.732. The van der Waals surface area contributed by atoms with Crippen molar-refractivity contribution in [2.24, 2.45) is 5.73 Å². The van der Waals surface area contributed by atoms with E-state index in [1.807, 2.05) is 0 Å². The Morgan fingerprint density at radius 1 is 1.16 bits per heavy atom. The number of imidazole rings is 1. The van der Waals surface area contributed by atoms with Crippen molar-refractivity contribution in [2.75, 3.05) is 44.2 Å². The third kappa shape index (κ3) is 2.52. The molecular formula is C12H19N7. The van der Waals surface area contributed by atoms with E-state index in [9.17, 15) is 0 Å². The molecule has 7 nitrogen and oxygen atoms in total. The van der Waals surface area contributed by atoms with Crippen molar-refractivity contribution < 1.29 is 0 Å². The highest BCUT2D eigenvalue weighted by Gasteiger charge is 2.20. The van der Waals surface area contributed by atoms with Gasteiger partial charge in [-0.05, 0) is 19.5 Å². The minimum absolute atomic E-state index is 0.732. The summed E-state index contributed by atoms with van der Waals surface area (Å²) in [5.74, 6) is 0.959. The molecule has 3 N–H and O–H groups in total. The van der Waals surface area contributed by atoms with E-state index in [2.05, 4.69) is 29.7 Å². The predicted molar refractivity (Wildman–Crippen MR) is 74.0 cm³/mol. The normalized spacial score (nSPS) is 17.2. The zero-order valence-electron chi connectivity index (χ0n) is 10.9. The van der Waals surface area contributed by atoms with E-state index >= 15 is 0 Å². The largest absolute Gasteiger partial charge is 0.352 e. The molecule has 0 aromatic carbocycles. The molecule has 7 heteroatoms. The Labute approximate surface area is 111 Å². The van der Waals surface area contributed by atoms with Crippen LogP contribution in [0.25, 0.3) is 11.2 Å². The lowest BCUT2D eigenvalue weighted by atomic mass is 10.3. The first-order valence-electron chi connectivity index (χ1n) is 6.70. The van der Waals surface area contributed by atoms with Gasteiger partial charge in [-0.15, -0.1) is 0 Å². The molecule has 1 saturated heterocycles. The van der Waals surface area contributed by atoms with Gasteiger partial charge in [0.1, 0.15) is 11.8 Å². The Morgan fingerprint density at radius 2 is 2.00 bits per heavy atom. The number of fused-ring (bicyclic) bond motifs is 1. The van der Waals surface area contributed by atoms with Gasteiger partial charge in [0.05, 0.1) is 6.33 Å². The summed E-state index contributed by atoms with van der Waals surface area (Å²) in [7, 11) is 0. The third-order valence-electron chi connectivity index (χ3n) is 3.55. The molecule has 3 rings (SSSR count). The van der Waals surface area contributed by atoms with Gasteiger partial charge in [0.25, 0.3) is 0 Å². The zero-order chi connectivity index (χ0) is 13.1. The van der Waals surface area contributed by atoms with Crippen LogP contribution < -0.4 is 10.6 Å². The highest BCUT2D eigenvalue weighted by molar-refractivity contribution is 5.82. The molecule has 2 aromatic rings. The average molecular weight is 261 g/mol. The highest BCUT2D eigenvalue weighted by Crippen LogP contribution is 2.20. The summed E-state index contributed by atoms with van der Waals surface area (Å²) in [4.78, 5) is 20.6.